The predicted molar refractivity (Wildman–Crippen MR) is 87.7 cm³/mol. The zero-order chi connectivity index (χ0) is 17.6. The van der Waals surface area contributed by atoms with E-state index >= 15 is 0 Å². The summed E-state index contributed by atoms with van der Waals surface area (Å²) in [5.41, 5.74) is -0.976. The van der Waals surface area contributed by atoms with Gasteiger partial charge in [-0.2, -0.15) is 0 Å². The first-order valence-electron chi connectivity index (χ1n) is 8.92. The van der Waals surface area contributed by atoms with Crippen molar-refractivity contribution in [2.24, 2.45) is 0 Å². The molecule has 0 N–H and O–H groups in total. The summed E-state index contributed by atoms with van der Waals surface area (Å²) >= 11 is 0. The summed E-state index contributed by atoms with van der Waals surface area (Å²) < 4.78 is 10.5. The van der Waals surface area contributed by atoms with Crippen molar-refractivity contribution in [2.75, 3.05) is 26.3 Å². The fourth-order valence-electron chi connectivity index (χ4n) is 3.40. The van der Waals surface area contributed by atoms with E-state index in [-0.39, 0.29) is 12.6 Å². The van der Waals surface area contributed by atoms with E-state index < -0.39 is 17.7 Å². The Bertz CT molecular complexity index is 470. The summed E-state index contributed by atoms with van der Waals surface area (Å²) in [5.74, 6) is 0. The first-order valence-corrected chi connectivity index (χ1v) is 8.92. The van der Waals surface area contributed by atoms with Crippen LogP contribution in [-0.2, 0) is 14.3 Å². The number of carbonyl (C=O) groups is 3. The number of nitrogens with zero attached hydrogens (tertiary/aromatic N) is 2. The van der Waals surface area contributed by atoms with Crippen LogP contribution in [0.1, 0.15) is 52.4 Å². The second kappa shape index (κ2) is 8.35. The Hall–Kier alpha value is -1.79. The third kappa shape index (κ3) is 3.82. The summed E-state index contributed by atoms with van der Waals surface area (Å²) in [6, 6.07) is -0.184. The highest BCUT2D eigenvalue weighted by molar-refractivity contribution is 5.80. The molecule has 2 rings (SSSR count). The van der Waals surface area contributed by atoms with Crippen molar-refractivity contribution in [3.63, 3.8) is 0 Å². The predicted octanol–water partition coefficient (Wildman–Crippen LogP) is 2.58. The van der Waals surface area contributed by atoms with Gasteiger partial charge in [0.05, 0.1) is 25.8 Å². The van der Waals surface area contributed by atoms with Crippen molar-refractivity contribution >= 4 is 18.5 Å². The number of ether oxygens (including phenoxy) is 2. The molecule has 0 aliphatic carbocycles. The van der Waals surface area contributed by atoms with E-state index in [2.05, 4.69) is 0 Å². The quantitative estimate of drug-likeness (QED) is 0.526. The molecule has 0 spiro atoms. The van der Waals surface area contributed by atoms with E-state index in [1.807, 2.05) is 13.8 Å². The van der Waals surface area contributed by atoms with Gasteiger partial charge in [-0.3, -0.25) is 4.90 Å². The smallest absolute Gasteiger partial charge is 0.410 e. The van der Waals surface area contributed by atoms with Crippen molar-refractivity contribution in [3.05, 3.63) is 0 Å². The minimum atomic E-state index is -0.976. The number of hydrogen-bond donors (Lipinski definition) is 0. The highest BCUT2D eigenvalue weighted by Gasteiger charge is 2.55. The number of rotatable bonds is 7. The second-order valence-corrected chi connectivity index (χ2v) is 6.60. The SMILES string of the molecule is CCCCOC(=O)N1CC2CCC(C=O)(C1)N2C(=O)OCCCC. The Morgan fingerprint density at radius 2 is 1.75 bits per heavy atom. The highest BCUT2D eigenvalue weighted by atomic mass is 16.6. The van der Waals surface area contributed by atoms with E-state index in [1.165, 1.54) is 0 Å². The number of fused-ring (bicyclic) bond motifs is 2. The molecule has 0 saturated carbocycles. The molecule has 2 bridgehead atoms. The molecule has 0 aromatic carbocycles. The Morgan fingerprint density at radius 1 is 1.12 bits per heavy atom. The molecule has 7 heteroatoms. The molecule has 0 aromatic rings. The van der Waals surface area contributed by atoms with Crippen LogP contribution in [0.5, 0.6) is 0 Å². The molecular weight excluding hydrogens is 312 g/mol. The van der Waals surface area contributed by atoms with Gasteiger partial charge in [0, 0.05) is 6.54 Å². The lowest BCUT2D eigenvalue weighted by Gasteiger charge is -2.44. The number of carbonyl (C=O) groups excluding carboxylic acids is 3. The molecule has 0 radical (unpaired) electrons. The van der Waals surface area contributed by atoms with Gasteiger partial charge in [-0.05, 0) is 25.7 Å². The molecule has 2 amide bonds. The van der Waals surface area contributed by atoms with Crippen molar-refractivity contribution in [1.29, 1.82) is 0 Å². The standard InChI is InChI=1S/C17H28N2O5/c1-3-5-9-23-15(21)18-11-14-7-8-17(12-18,13-20)19(14)16(22)24-10-6-4-2/h13-14H,3-12H2,1-2H3. The van der Waals surface area contributed by atoms with Crippen LogP contribution in [-0.4, -0.2) is 66.2 Å². The molecule has 2 heterocycles. The minimum Gasteiger partial charge on any atom is -0.449 e. The van der Waals surface area contributed by atoms with E-state index in [0.29, 0.717) is 32.6 Å². The summed E-state index contributed by atoms with van der Waals surface area (Å²) in [5, 5.41) is 0. The zero-order valence-corrected chi connectivity index (χ0v) is 14.7. The number of unbranched alkanes of at least 4 members (excludes halogenated alkanes) is 2. The first kappa shape index (κ1) is 18.5. The fourth-order valence-corrected chi connectivity index (χ4v) is 3.40. The van der Waals surface area contributed by atoms with Gasteiger partial charge in [0.2, 0.25) is 0 Å². The van der Waals surface area contributed by atoms with Gasteiger partial charge in [0.1, 0.15) is 11.8 Å². The number of hydrogen-bond acceptors (Lipinski definition) is 5. The average molecular weight is 340 g/mol. The zero-order valence-electron chi connectivity index (χ0n) is 14.7. The Balaban J connectivity index is 2.01. The molecule has 24 heavy (non-hydrogen) atoms. The maximum Gasteiger partial charge on any atom is 0.410 e. The van der Waals surface area contributed by atoms with Crippen molar-refractivity contribution < 1.29 is 23.9 Å². The van der Waals surface area contributed by atoms with Crippen molar-refractivity contribution in [2.45, 2.75) is 64.0 Å². The molecule has 136 valence electrons. The van der Waals surface area contributed by atoms with Crippen LogP contribution in [0.2, 0.25) is 0 Å². The lowest BCUT2D eigenvalue weighted by Crippen LogP contribution is -2.65. The number of aldehydes is 1. The van der Waals surface area contributed by atoms with Crippen LogP contribution in [0, 0.1) is 0 Å². The van der Waals surface area contributed by atoms with Gasteiger partial charge in [-0.25, -0.2) is 9.59 Å². The molecule has 2 unspecified atom stereocenters. The molecule has 2 saturated heterocycles. The van der Waals surface area contributed by atoms with Gasteiger partial charge < -0.3 is 19.2 Å². The monoisotopic (exact) mass is 340 g/mol. The van der Waals surface area contributed by atoms with Crippen LogP contribution in [0.4, 0.5) is 9.59 Å². The molecule has 2 fully saturated rings. The van der Waals surface area contributed by atoms with E-state index in [1.54, 1.807) is 9.80 Å². The second-order valence-electron chi connectivity index (χ2n) is 6.60. The van der Waals surface area contributed by atoms with Crippen LogP contribution in [0.25, 0.3) is 0 Å². The fraction of sp³-hybridized carbons (Fsp3) is 0.824. The third-order valence-electron chi connectivity index (χ3n) is 4.77. The summed E-state index contributed by atoms with van der Waals surface area (Å²) in [6.07, 6.45) is 4.70. The molecule has 2 aliphatic heterocycles. The molecule has 7 nitrogen and oxygen atoms in total. The molecular formula is C17H28N2O5. The van der Waals surface area contributed by atoms with Crippen molar-refractivity contribution in [1.82, 2.24) is 9.80 Å². The Labute approximate surface area is 143 Å². The first-order chi connectivity index (χ1) is 11.6. The van der Waals surface area contributed by atoms with Gasteiger partial charge in [-0.1, -0.05) is 26.7 Å². The third-order valence-corrected chi connectivity index (χ3v) is 4.77. The normalized spacial score (nSPS) is 25.5. The number of piperazine rings is 1. The van der Waals surface area contributed by atoms with E-state index in [0.717, 1.165) is 32.0 Å². The molecule has 2 aliphatic rings. The largest absolute Gasteiger partial charge is 0.449 e. The molecule has 0 aromatic heterocycles. The van der Waals surface area contributed by atoms with E-state index in [9.17, 15) is 14.4 Å². The highest BCUT2D eigenvalue weighted by Crippen LogP contribution is 2.38. The van der Waals surface area contributed by atoms with E-state index in [4.69, 9.17) is 9.47 Å². The minimum absolute atomic E-state index is 0.181. The van der Waals surface area contributed by atoms with Crippen molar-refractivity contribution in [3.8, 4) is 0 Å². The topological polar surface area (TPSA) is 76.2 Å². The van der Waals surface area contributed by atoms with Gasteiger partial charge in [0.15, 0.2) is 0 Å². The maximum absolute atomic E-state index is 12.4. The lowest BCUT2D eigenvalue weighted by atomic mass is 9.97. The van der Waals surface area contributed by atoms with Crippen LogP contribution >= 0.6 is 0 Å². The van der Waals surface area contributed by atoms with Gasteiger partial charge in [0.25, 0.3) is 0 Å². The Kier molecular flexibility index (Phi) is 6.45. The Morgan fingerprint density at radius 3 is 2.33 bits per heavy atom. The summed E-state index contributed by atoms with van der Waals surface area (Å²) in [6.45, 7) is 5.36. The van der Waals surface area contributed by atoms with Gasteiger partial charge >= 0.3 is 12.2 Å². The molecule has 2 atom stereocenters. The summed E-state index contributed by atoms with van der Waals surface area (Å²) in [7, 11) is 0. The van der Waals surface area contributed by atoms with Crippen LogP contribution in [0.3, 0.4) is 0 Å². The van der Waals surface area contributed by atoms with Crippen LogP contribution in [0.15, 0.2) is 0 Å². The maximum atomic E-state index is 12.4. The van der Waals surface area contributed by atoms with Gasteiger partial charge in [-0.15, -0.1) is 0 Å². The summed E-state index contributed by atoms with van der Waals surface area (Å²) in [4.78, 5) is 39.5. The number of likely N-dealkylation sites (tertiary alicyclic amines) is 1. The lowest BCUT2D eigenvalue weighted by molar-refractivity contribution is -0.120. The van der Waals surface area contributed by atoms with Crippen LogP contribution < -0.4 is 0 Å². The average Bonchev–Trinajstić information content (AvgIpc) is 2.82. The number of amides is 2.